The van der Waals surface area contributed by atoms with Gasteiger partial charge in [-0.1, -0.05) is 59.8 Å². The van der Waals surface area contributed by atoms with Crippen LogP contribution in [0.5, 0.6) is 0 Å². The average Bonchev–Trinajstić information content (AvgIpc) is 2.92. The van der Waals surface area contributed by atoms with Crippen molar-refractivity contribution in [3.63, 3.8) is 0 Å². The number of rotatable bonds is 16. The van der Waals surface area contributed by atoms with Gasteiger partial charge in [-0.2, -0.15) is 0 Å². The van der Waals surface area contributed by atoms with E-state index >= 15 is 0 Å². The van der Waals surface area contributed by atoms with E-state index in [1.807, 2.05) is 6.92 Å². The number of fused-ring (bicyclic) bond motifs is 1. The first-order chi connectivity index (χ1) is 22.2. The summed E-state index contributed by atoms with van der Waals surface area (Å²) in [6, 6.07) is 0. The van der Waals surface area contributed by atoms with Gasteiger partial charge in [-0.25, -0.2) is 0 Å². The van der Waals surface area contributed by atoms with Crippen LogP contribution in [0.3, 0.4) is 0 Å². The third-order valence-electron chi connectivity index (χ3n) is 10.3. The lowest BCUT2D eigenvalue weighted by Gasteiger charge is -2.44. The van der Waals surface area contributed by atoms with Crippen LogP contribution >= 0.6 is 7.60 Å². The highest BCUT2D eigenvalue weighted by molar-refractivity contribution is 7.53. The van der Waals surface area contributed by atoms with E-state index in [9.17, 15) is 14.2 Å². The molecule has 0 aromatic heterocycles. The number of allylic oxidation sites excluding steroid dienone is 3. The molecule has 1 aliphatic heterocycles. The molecule has 1 heterocycles. The molecule has 0 N–H and O–H groups in total. The van der Waals surface area contributed by atoms with Crippen LogP contribution in [0.1, 0.15) is 108 Å². The molecular formula is C37H65O9PSi. The summed E-state index contributed by atoms with van der Waals surface area (Å²) in [6.07, 6.45) is 9.44. The molecule has 1 saturated heterocycles. The summed E-state index contributed by atoms with van der Waals surface area (Å²) in [5.74, 6) is 0.107. The molecule has 0 radical (unpaired) electrons. The Balaban J connectivity index is 1.62. The van der Waals surface area contributed by atoms with Crippen LogP contribution in [0.15, 0.2) is 23.8 Å². The van der Waals surface area contributed by atoms with Gasteiger partial charge in [0.15, 0.2) is 8.32 Å². The Hall–Kier alpha value is -1.29. The Bertz CT molecular complexity index is 1180. The average molecular weight is 713 g/mol. The van der Waals surface area contributed by atoms with E-state index < -0.39 is 15.9 Å². The van der Waals surface area contributed by atoms with Crippen LogP contribution in [-0.2, 0) is 41.8 Å². The summed E-state index contributed by atoms with van der Waals surface area (Å²) >= 11 is 0. The molecule has 3 aliphatic rings. The fourth-order valence-corrected chi connectivity index (χ4v) is 10.0. The first kappa shape index (κ1) is 41.1. The van der Waals surface area contributed by atoms with Gasteiger partial charge in [-0.15, -0.1) is 0 Å². The zero-order valence-electron chi connectivity index (χ0n) is 31.8. The Morgan fingerprint density at radius 1 is 1.04 bits per heavy atom. The first-order valence-corrected chi connectivity index (χ1v) is 22.8. The van der Waals surface area contributed by atoms with Gasteiger partial charge in [0.1, 0.15) is 18.6 Å². The summed E-state index contributed by atoms with van der Waals surface area (Å²) in [5.41, 5.74) is 1.23. The van der Waals surface area contributed by atoms with Crippen molar-refractivity contribution < 1.29 is 41.8 Å². The number of esters is 2. The SMILES string of the molecule is CC(C)OP(=O)(COCC[C@H](C)C(=O)O[C@H]1C[C@@H](C)C=C2C=C[C@H](C)[C@H](CC[C@@H]3C[C@@H](O[Si](C)(C)C(C)(C)C)CC(=O)O3)[C@H]21)OC(C)C. The fourth-order valence-electron chi connectivity index (χ4n) is 6.85. The molecule has 0 aromatic carbocycles. The summed E-state index contributed by atoms with van der Waals surface area (Å²) in [5, 5.41) is 0.0699. The highest BCUT2D eigenvalue weighted by Crippen LogP contribution is 2.50. The molecule has 9 nitrogen and oxygen atoms in total. The second kappa shape index (κ2) is 17.3. The second-order valence-corrected chi connectivity index (χ2v) is 23.2. The van der Waals surface area contributed by atoms with Crippen LogP contribution in [-0.4, -0.2) is 63.7 Å². The molecule has 8 atom stereocenters. The highest BCUT2D eigenvalue weighted by Gasteiger charge is 2.44. The predicted molar refractivity (Wildman–Crippen MR) is 192 cm³/mol. The number of cyclic esters (lactones) is 1. The maximum absolute atomic E-state index is 13.4. The molecule has 0 bridgehead atoms. The number of hydrogen-bond donors (Lipinski definition) is 0. The molecule has 11 heteroatoms. The van der Waals surface area contributed by atoms with E-state index in [1.165, 1.54) is 5.57 Å². The molecule has 3 rings (SSSR count). The lowest BCUT2D eigenvalue weighted by molar-refractivity contribution is -0.162. The van der Waals surface area contributed by atoms with Gasteiger partial charge in [0, 0.05) is 18.9 Å². The minimum Gasteiger partial charge on any atom is -0.462 e. The highest BCUT2D eigenvalue weighted by atomic mass is 31.2. The molecular weight excluding hydrogens is 647 g/mol. The van der Waals surface area contributed by atoms with E-state index in [0.717, 1.165) is 25.7 Å². The summed E-state index contributed by atoms with van der Waals surface area (Å²) in [6.45, 7) is 24.8. The van der Waals surface area contributed by atoms with Crippen molar-refractivity contribution in [1.29, 1.82) is 0 Å². The minimum absolute atomic E-state index is 0.0699. The van der Waals surface area contributed by atoms with Crippen molar-refractivity contribution in [2.45, 2.75) is 156 Å². The van der Waals surface area contributed by atoms with E-state index in [-0.39, 0.29) is 84.1 Å². The molecule has 2 aliphatic carbocycles. The molecule has 48 heavy (non-hydrogen) atoms. The number of carbonyl (C=O) groups excluding carboxylic acids is 2. The molecule has 0 saturated carbocycles. The maximum atomic E-state index is 13.4. The quantitative estimate of drug-likeness (QED) is 0.0670. The zero-order valence-corrected chi connectivity index (χ0v) is 33.7. The summed E-state index contributed by atoms with van der Waals surface area (Å²) < 4.78 is 48.7. The number of carbonyl (C=O) groups is 2. The molecule has 1 fully saturated rings. The van der Waals surface area contributed by atoms with Crippen LogP contribution in [0.25, 0.3) is 0 Å². The van der Waals surface area contributed by atoms with Crippen molar-refractivity contribution in [3.8, 4) is 0 Å². The van der Waals surface area contributed by atoms with Crippen molar-refractivity contribution in [2.75, 3.05) is 13.0 Å². The first-order valence-electron chi connectivity index (χ1n) is 18.2. The third kappa shape index (κ3) is 11.9. The summed E-state index contributed by atoms with van der Waals surface area (Å²) in [4.78, 5) is 26.1. The fraction of sp³-hybridized carbons (Fsp3) is 0.838. The lowest BCUT2D eigenvalue weighted by atomic mass is 9.65. The Morgan fingerprint density at radius 3 is 2.29 bits per heavy atom. The van der Waals surface area contributed by atoms with Gasteiger partial charge < -0.3 is 27.7 Å². The second-order valence-electron chi connectivity index (χ2n) is 16.5. The topological polar surface area (TPSA) is 107 Å². The van der Waals surface area contributed by atoms with Gasteiger partial charge >= 0.3 is 19.5 Å². The van der Waals surface area contributed by atoms with Crippen LogP contribution in [0.4, 0.5) is 0 Å². The van der Waals surface area contributed by atoms with Crippen LogP contribution < -0.4 is 0 Å². The molecule has 0 unspecified atom stereocenters. The Morgan fingerprint density at radius 2 is 1.69 bits per heavy atom. The molecule has 0 aromatic rings. The molecule has 0 amide bonds. The van der Waals surface area contributed by atoms with E-state index in [1.54, 1.807) is 27.7 Å². The minimum atomic E-state index is -3.40. The third-order valence-corrected chi connectivity index (χ3v) is 16.8. The molecule has 276 valence electrons. The van der Waals surface area contributed by atoms with Crippen molar-refractivity contribution in [2.24, 2.45) is 29.6 Å². The lowest BCUT2D eigenvalue weighted by Crippen LogP contribution is -2.47. The van der Waals surface area contributed by atoms with E-state index in [0.29, 0.717) is 18.8 Å². The van der Waals surface area contributed by atoms with Gasteiger partial charge in [0.2, 0.25) is 0 Å². The standard InChI is InChI=1S/C37H65O9PSi/c1-24(2)44-47(40,45-25(3)4)23-41-18-17-28(7)36(39)43-33-20-26(5)19-29-14-13-27(6)32(35(29)33)16-15-30-21-31(22-34(38)42-30)46-48(11,12)37(8,9)10/h13-14,19,24-28,30-33,35H,15-18,20-23H2,1-12H3/t26-,27-,28-,30+,31+,32-,33-,35-/m0/s1. The number of ether oxygens (including phenoxy) is 3. The predicted octanol–water partition coefficient (Wildman–Crippen LogP) is 9.22. The maximum Gasteiger partial charge on any atom is 0.356 e. The monoisotopic (exact) mass is 712 g/mol. The summed E-state index contributed by atoms with van der Waals surface area (Å²) in [7, 11) is -5.42. The van der Waals surface area contributed by atoms with Crippen LogP contribution in [0, 0.1) is 29.6 Å². The Kier molecular flexibility index (Phi) is 14.8. The largest absolute Gasteiger partial charge is 0.462 e. The van der Waals surface area contributed by atoms with Gasteiger partial charge in [-0.3, -0.25) is 14.2 Å². The van der Waals surface area contributed by atoms with Gasteiger partial charge in [0.05, 0.1) is 30.7 Å². The molecule has 0 spiro atoms. The number of hydrogen-bond acceptors (Lipinski definition) is 9. The van der Waals surface area contributed by atoms with Crippen molar-refractivity contribution in [1.82, 2.24) is 0 Å². The van der Waals surface area contributed by atoms with Gasteiger partial charge in [-0.05, 0) is 94.8 Å². The normalized spacial score (nSPS) is 29.0. The van der Waals surface area contributed by atoms with Crippen molar-refractivity contribution in [3.05, 3.63) is 23.8 Å². The Labute approximate surface area is 291 Å². The van der Waals surface area contributed by atoms with Crippen molar-refractivity contribution >= 4 is 27.9 Å². The van der Waals surface area contributed by atoms with E-state index in [2.05, 4.69) is 65.9 Å². The zero-order chi connectivity index (χ0) is 36.0. The van der Waals surface area contributed by atoms with Gasteiger partial charge in [0.25, 0.3) is 0 Å². The van der Waals surface area contributed by atoms with Crippen LogP contribution in [0.2, 0.25) is 18.1 Å². The van der Waals surface area contributed by atoms with E-state index in [4.69, 9.17) is 27.7 Å². The smallest absolute Gasteiger partial charge is 0.356 e.